The first-order valence-electron chi connectivity index (χ1n) is 12.4. The molecule has 0 bridgehead atoms. The SMILES string of the molecule is CC(C)Cn1nc(C(=O)N(C)CCCCCc2cc(-c3ccc(F)cc3)n[nH]2)c2ccccc2c1=O. The largest absolute Gasteiger partial charge is 0.340 e. The smallest absolute Gasteiger partial charge is 0.274 e. The van der Waals surface area contributed by atoms with Crippen molar-refractivity contribution in [1.29, 1.82) is 0 Å². The first-order chi connectivity index (χ1) is 17.3. The number of hydrogen-bond acceptors (Lipinski definition) is 4. The van der Waals surface area contributed by atoms with Crippen LogP contribution in [-0.2, 0) is 13.0 Å². The van der Waals surface area contributed by atoms with Gasteiger partial charge in [0.1, 0.15) is 5.82 Å². The molecule has 2 aromatic heterocycles. The van der Waals surface area contributed by atoms with Crippen LogP contribution in [0.3, 0.4) is 0 Å². The van der Waals surface area contributed by atoms with E-state index in [-0.39, 0.29) is 23.2 Å². The maximum atomic E-state index is 13.3. The fraction of sp³-hybridized carbons (Fsp3) is 0.357. The van der Waals surface area contributed by atoms with E-state index in [1.54, 1.807) is 36.2 Å². The van der Waals surface area contributed by atoms with E-state index in [0.717, 1.165) is 42.6 Å². The lowest BCUT2D eigenvalue weighted by Gasteiger charge is -2.19. The van der Waals surface area contributed by atoms with Crippen molar-refractivity contribution in [2.45, 2.75) is 46.1 Å². The number of aromatic nitrogens is 4. The highest BCUT2D eigenvalue weighted by Gasteiger charge is 2.20. The van der Waals surface area contributed by atoms with Crippen LogP contribution in [0.15, 0.2) is 59.4 Å². The van der Waals surface area contributed by atoms with Crippen LogP contribution in [0.5, 0.6) is 0 Å². The molecular weight excluding hydrogens is 457 g/mol. The molecule has 4 aromatic rings. The number of nitrogens with zero attached hydrogens (tertiary/aromatic N) is 4. The zero-order chi connectivity index (χ0) is 25.7. The molecule has 8 heteroatoms. The molecule has 0 fully saturated rings. The molecule has 0 aliphatic carbocycles. The fourth-order valence-electron chi connectivity index (χ4n) is 4.24. The summed E-state index contributed by atoms with van der Waals surface area (Å²) in [5.41, 5.74) is 2.86. The summed E-state index contributed by atoms with van der Waals surface area (Å²) in [6.45, 7) is 5.10. The van der Waals surface area contributed by atoms with Gasteiger partial charge in [-0.2, -0.15) is 10.2 Å². The molecule has 36 heavy (non-hydrogen) atoms. The summed E-state index contributed by atoms with van der Waals surface area (Å²) in [7, 11) is 1.78. The first-order valence-corrected chi connectivity index (χ1v) is 12.4. The third kappa shape index (κ3) is 5.87. The number of unbranched alkanes of at least 4 members (excludes halogenated alkanes) is 2. The molecule has 1 N–H and O–H groups in total. The van der Waals surface area contributed by atoms with Gasteiger partial charge in [-0.3, -0.25) is 14.7 Å². The summed E-state index contributed by atoms with van der Waals surface area (Å²) in [6.07, 6.45) is 3.60. The van der Waals surface area contributed by atoms with Crippen LogP contribution in [0.4, 0.5) is 4.39 Å². The van der Waals surface area contributed by atoms with Crippen LogP contribution in [0.1, 0.15) is 49.3 Å². The molecule has 0 spiro atoms. The third-order valence-electron chi connectivity index (χ3n) is 6.17. The highest BCUT2D eigenvalue weighted by molar-refractivity contribution is 6.04. The van der Waals surface area contributed by atoms with E-state index >= 15 is 0 Å². The number of benzene rings is 2. The second-order valence-corrected chi connectivity index (χ2v) is 9.60. The molecule has 0 aliphatic heterocycles. The zero-order valence-electron chi connectivity index (χ0n) is 21.0. The second kappa shape index (κ2) is 11.3. The monoisotopic (exact) mass is 489 g/mol. The standard InChI is InChI=1S/C28H32FN5O2/c1-19(2)18-34-27(35)24-11-7-6-10-23(24)26(32-34)28(36)33(3)16-8-4-5-9-22-17-25(31-30-22)20-12-14-21(29)15-13-20/h6-7,10-15,17,19H,4-5,8-9,16,18H2,1-3H3,(H,30,31). The molecule has 0 saturated carbocycles. The molecule has 2 heterocycles. The van der Waals surface area contributed by atoms with E-state index in [2.05, 4.69) is 15.3 Å². The Morgan fingerprint density at radius 2 is 1.78 bits per heavy atom. The number of carbonyl (C=O) groups excluding carboxylic acids is 1. The summed E-state index contributed by atoms with van der Waals surface area (Å²) in [4.78, 5) is 27.8. The number of aromatic amines is 1. The molecular formula is C28H32FN5O2. The Kier molecular flexibility index (Phi) is 7.93. The Hall–Kier alpha value is -3.81. The van der Waals surface area contributed by atoms with Gasteiger partial charge < -0.3 is 4.90 Å². The average molecular weight is 490 g/mol. The Morgan fingerprint density at radius 3 is 2.50 bits per heavy atom. The predicted octanol–water partition coefficient (Wildman–Crippen LogP) is 5.07. The Bertz CT molecular complexity index is 1390. The average Bonchev–Trinajstić information content (AvgIpc) is 3.34. The molecule has 188 valence electrons. The Morgan fingerprint density at radius 1 is 1.06 bits per heavy atom. The highest BCUT2D eigenvalue weighted by atomic mass is 19.1. The maximum absolute atomic E-state index is 13.3. The molecule has 0 aliphatic rings. The Balaban J connectivity index is 1.33. The van der Waals surface area contributed by atoms with E-state index < -0.39 is 0 Å². The van der Waals surface area contributed by atoms with Crippen molar-refractivity contribution in [2.75, 3.05) is 13.6 Å². The van der Waals surface area contributed by atoms with E-state index in [1.807, 2.05) is 32.0 Å². The lowest BCUT2D eigenvalue weighted by atomic mass is 10.1. The van der Waals surface area contributed by atoms with Gasteiger partial charge in [0.15, 0.2) is 5.69 Å². The van der Waals surface area contributed by atoms with E-state index in [1.165, 1.54) is 16.8 Å². The summed E-state index contributed by atoms with van der Waals surface area (Å²) < 4.78 is 14.5. The summed E-state index contributed by atoms with van der Waals surface area (Å²) in [6, 6.07) is 15.5. The summed E-state index contributed by atoms with van der Waals surface area (Å²) >= 11 is 0. The van der Waals surface area contributed by atoms with Crippen LogP contribution >= 0.6 is 0 Å². The minimum absolute atomic E-state index is 0.167. The lowest BCUT2D eigenvalue weighted by Crippen LogP contribution is -2.33. The van der Waals surface area contributed by atoms with Gasteiger partial charge in [-0.05, 0) is 61.6 Å². The minimum Gasteiger partial charge on any atom is -0.340 e. The highest BCUT2D eigenvalue weighted by Crippen LogP contribution is 2.19. The molecule has 1 amide bonds. The van der Waals surface area contributed by atoms with Crippen LogP contribution in [0.25, 0.3) is 22.0 Å². The van der Waals surface area contributed by atoms with Crippen LogP contribution < -0.4 is 5.56 Å². The van der Waals surface area contributed by atoms with Crippen molar-refractivity contribution < 1.29 is 9.18 Å². The molecule has 2 aromatic carbocycles. The summed E-state index contributed by atoms with van der Waals surface area (Å²) in [5.74, 6) is -0.209. The van der Waals surface area contributed by atoms with Crippen LogP contribution in [0.2, 0.25) is 0 Å². The van der Waals surface area contributed by atoms with Crippen molar-refractivity contribution >= 4 is 16.7 Å². The number of H-pyrrole nitrogens is 1. The minimum atomic E-state index is -0.265. The van der Waals surface area contributed by atoms with Gasteiger partial charge in [0.05, 0.1) is 11.1 Å². The number of rotatable bonds is 10. The van der Waals surface area contributed by atoms with Crippen LogP contribution in [-0.4, -0.2) is 44.4 Å². The number of hydrogen-bond donors (Lipinski definition) is 1. The van der Waals surface area contributed by atoms with Crippen molar-refractivity contribution in [3.05, 3.63) is 82.2 Å². The predicted molar refractivity (Wildman–Crippen MR) is 139 cm³/mol. The van der Waals surface area contributed by atoms with Gasteiger partial charge in [0.25, 0.3) is 11.5 Å². The van der Waals surface area contributed by atoms with Gasteiger partial charge in [0, 0.05) is 36.8 Å². The quantitative estimate of drug-likeness (QED) is 0.315. The first kappa shape index (κ1) is 25.3. The molecule has 0 atom stereocenters. The fourth-order valence-corrected chi connectivity index (χ4v) is 4.24. The molecule has 0 unspecified atom stereocenters. The van der Waals surface area contributed by atoms with Crippen molar-refractivity contribution in [3.8, 4) is 11.3 Å². The van der Waals surface area contributed by atoms with E-state index in [0.29, 0.717) is 29.6 Å². The number of aryl methyl sites for hydroxylation is 1. The lowest BCUT2D eigenvalue weighted by molar-refractivity contribution is 0.0786. The Labute approximate surface area is 210 Å². The van der Waals surface area contributed by atoms with Gasteiger partial charge in [-0.25, -0.2) is 9.07 Å². The van der Waals surface area contributed by atoms with E-state index in [4.69, 9.17) is 0 Å². The number of fused-ring (bicyclic) bond motifs is 1. The third-order valence-corrected chi connectivity index (χ3v) is 6.17. The van der Waals surface area contributed by atoms with Crippen LogP contribution in [0, 0.1) is 11.7 Å². The van der Waals surface area contributed by atoms with E-state index in [9.17, 15) is 14.0 Å². The van der Waals surface area contributed by atoms with Gasteiger partial charge in [-0.1, -0.05) is 38.5 Å². The number of nitrogens with one attached hydrogen (secondary N) is 1. The number of halogens is 1. The number of amides is 1. The van der Waals surface area contributed by atoms with Gasteiger partial charge in [0.2, 0.25) is 0 Å². The van der Waals surface area contributed by atoms with Gasteiger partial charge in [-0.15, -0.1) is 0 Å². The van der Waals surface area contributed by atoms with Crippen molar-refractivity contribution in [3.63, 3.8) is 0 Å². The summed E-state index contributed by atoms with van der Waals surface area (Å²) in [5, 5.41) is 12.9. The maximum Gasteiger partial charge on any atom is 0.274 e. The van der Waals surface area contributed by atoms with Gasteiger partial charge >= 0.3 is 0 Å². The molecule has 7 nitrogen and oxygen atoms in total. The number of carbonyl (C=O) groups is 1. The molecule has 4 rings (SSSR count). The normalized spacial score (nSPS) is 11.4. The molecule has 0 saturated heterocycles. The topological polar surface area (TPSA) is 83.9 Å². The second-order valence-electron chi connectivity index (χ2n) is 9.60. The zero-order valence-corrected chi connectivity index (χ0v) is 21.0. The molecule has 0 radical (unpaired) electrons. The van der Waals surface area contributed by atoms with Crippen molar-refractivity contribution in [1.82, 2.24) is 24.9 Å². The van der Waals surface area contributed by atoms with Crippen molar-refractivity contribution in [2.24, 2.45) is 5.92 Å².